The lowest BCUT2D eigenvalue weighted by Gasteiger charge is -2.43. The summed E-state index contributed by atoms with van der Waals surface area (Å²) in [5.41, 5.74) is 0.457. The zero-order chi connectivity index (χ0) is 7.24. The number of nitriles is 1. The average Bonchev–Trinajstić information content (AvgIpc) is 2.40. The molecule has 3 saturated carbocycles. The van der Waals surface area contributed by atoms with E-state index in [0.717, 1.165) is 19.3 Å². The van der Waals surface area contributed by atoms with E-state index in [-0.39, 0.29) is 25.2 Å². The van der Waals surface area contributed by atoms with E-state index in [0.29, 0.717) is 5.54 Å². The molecule has 0 aromatic carbocycles. The summed E-state index contributed by atoms with van der Waals surface area (Å²) in [6.45, 7) is 0. The third-order valence-electron chi connectivity index (χ3n) is 3.20. The molecule has 0 heterocycles. The van der Waals surface area contributed by atoms with Crippen molar-refractivity contribution in [2.75, 3.05) is 7.05 Å². The predicted molar refractivity (Wildman–Crippen MR) is 52.3 cm³/mol. The number of hydrogen-bond donors (Lipinski definition) is 1. The highest BCUT2D eigenvalue weighted by molar-refractivity contribution is 5.85. The highest BCUT2D eigenvalue weighted by Crippen LogP contribution is 2.60. The van der Waals surface area contributed by atoms with Crippen molar-refractivity contribution in [3.05, 3.63) is 0 Å². The van der Waals surface area contributed by atoms with E-state index in [2.05, 4.69) is 11.4 Å². The summed E-state index contributed by atoms with van der Waals surface area (Å²) in [6, 6.07) is 2.43. The molecule has 0 atom stereocenters. The van der Waals surface area contributed by atoms with Crippen molar-refractivity contribution in [3.63, 3.8) is 0 Å². The van der Waals surface area contributed by atoms with Crippen LogP contribution in [0.3, 0.4) is 0 Å². The van der Waals surface area contributed by atoms with E-state index in [1.165, 1.54) is 6.42 Å². The molecule has 2 bridgehead atoms. The maximum atomic E-state index is 8.80. The second-order valence-corrected chi connectivity index (χ2v) is 3.78. The first-order valence-electron chi connectivity index (χ1n) is 3.84. The SMILES string of the molecule is C.CNC12CCC(C#N)(C1)C2.Cl. The fourth-order valence-electron chi connectivity index (χ4n) is 2.51. The molecular weight excluding hydrogens is 172 g/mol. The van der Waals surface area contributed by atoms with Crippen molar-refractivity contribution in [2.45, 2.75) is 38.6 Å². The van der Waals surface area contributed by atoms with Crippen LogP contribution in [-0.2, 0) is 0 Å². The number of rotatable bonds is 1. The van der Waals surface area contributed by atoms with Gasteiger partial charge in [0.25, 0.3) is 0 Å². The van der Waals surface area contributed by atoms with Crippen molar-refractivity contribution in [1.29, 1.82) is 5.26 Å². The van der Waals surface area contributed by atoms with Crippen LogP contribution in [0.2, 0.25) is 0 Å². The summed E-state index contributed by atoms with van der Waals surface area (Å²) in [7, 11) is 2.01. The van der Waals surface area contributed by atoms with Gasteiger partial charge in [-0.1, -0.05) is 7.43 Å². The Bertz CT molecular complexity index is 201. The molecule has 3 fully saturated rings. The minimum absolute atomic E-state index is 0. The number of nitrogens with one attached hydrogen (secondary N) is 1. The van der Waals surface area contributed by atoms with Gasteiger partial charge in [0.1, 0.15) is 0 Å². The lowest BCUT2D eigenvalue weighted by Crippen LogP contribution is -2.51. The standard InChI is InChI=1S/C8H12N2.CH4.ClH/c1-10-8-3-2-7(4-8,5-8)6-9;;/h10H,2-5H2,1H3;1H4;1H. The Morgan fingerprint density at radius 3 is 2.17 bits per heavy atom. The summed E-state index contributed by atoms with van der Waals surface area (Å²) in [5, 5.41) is 12.1. The maximum absolute atomic E-state index is 8.80. The summed E-state index contributed by atoms with van der Waals surface area (Å²) < 4.78 is 0. The molecule has 3 heteroatoms. The molecule has 3 rings (SSSR count). The third kappa shape index (κ3) is 1.22. The van der Waals surface area contributed by atoms with Gasteiger partial charge in [-0.25, -0.2) is 0 Å². The smallest absolute Gasteiger partial charge is 0.0691 e. The molecule has 0 saturated heterocycles. The van der Waals surface area contributed by atoms with Crippen molar-refractivity contribution in [3.8, 4) is 6.07 Å². The summed E-state index contributed by atoms with van der Waals surface area (Å²) in [6.07, 6.45) is 4.50. The number of fused-ring (bicyclic) bond motifs is 1. The Kier molecular flexibility index (Phi) is 3.17. The van der Waals surface area contributed by atoms with E-state index >= 15 is 0 Å². The zero-order valence-electron chi connectivity index (χ0n) is 6.68. The molecular formula is C9H17ClN2. The lowest BCUT2D eigenvalue weighted by atomic mass is 9.66. The third-order valence-corrected chi connectivity index (χ3v) is 3.20. The van der Waals surface area contributed by atoms with E-state index in [1.807, 2.05) is 7.05 Å². The molecule has 0 aromatic heterocycles. The highest BCUT2D eigenvalue weighted by Gasteiger charge is 2.60. The van der Waals surface area contributed by atoms with Crippen LogP contribution in [0.1, 0.15) is 33.1 Å². The highest BCUT2D eigenvalue weighted by atomic mass is 35.5. The van der Waals surface area contributed by atoms with Gasteiger partial charge in [-0.2, -0.15) is 5.26 Å². The van der Waals surface area contributed by atoms with Crippen molar-refractivity contribution in [2.24, 2.45) is 5.41 Å². The predicted octanol–water partition coefficient (Wildman–Crippen LogP) is 2.10. The molecule has 0 radical (unpaired) electrons. The normalized spacial score (nSPS) is 41.7. The van der Waals surface area contributed by atoms with Gasteiger partial charge >= 0.3 is 0 Å². The number of nitrogens with zero attached hydrogens (tertiary/aromatic N) is 1. The van der Waals surface area contributed by atoms with E-state index < -0.39 is 0 Å². The first-order valence-corrected chi connectivity index (χ1v) is 3.84. The Morgan fingerprint density at radius 1 is 1.33 bits per heavy atom. The van der Waals surface area contributed by atoms with Gasteiger partial charge in [-0.3, -0.25) is 0 Å². The van der Waals surface area contributed by atoms with Gasteiger partial charge < -0.3 is 5.32 Å². The van der Waals surface area contributed by atoms with Crippen LogP contribution in [-0.4, -0.2) is 12.6 Å². The molecule has 0 amide bonds. The Hall–Kier alpha value is -0.260. The minimum Gasteiger partial charge on any atom is -0.314 e. The maximum Gasteiger partial charge on any atom is 0.0691 e. The van der Waals surface area contributed by atoms with E-state index in [1.54, 1.807) is 0 Å². The Morgan fingerprint density at radius 2 is 1.92 bits per heavy atom. The Labute approximate surface area is 80.7 Å². The van der Waals surface area contributed by atoms with Gasteiger partial charge in [0, 0.05) is 5.54 Å². The average molecular weight is 189 g/mol. The first kappa shape index (κ1) is 11.7. The second-order valence-electron chi connectivity index (χ2n) is 3.78. The fourth-order valence-corrected chi connectivity index (χ4v) is 2.51. The van der Waals surface area contributed by atoms with Crippen LogP contribution in [0.5, 0.6) is 0 Å². The topological polar surface area (TPSA) is 35.8 Å². The zero-order valence-corrected chi connectivity index (χ0v) is 7.50. The van der Waals surface area contributed by atoms with Crippen LogP contribution in [0, 0.1) is 16.7 Å². The molecule has 3 aliphatic carbocycles. The molecule has 70 valence electrons. The molecule has 0 unspecified atom stereocenters. The van der Waals surface area contributed by atoms with Gasteiger partial charge in [-0.05, 0) is 32.7 Å². The first-order chi connectivity index (χ1) is 4.74. The number of halogens is 1. The molecule has 2 nitrogen and oxygen atoms in total. The van der Waals surface area contributed by atoms with Gasteiger partial charge in [0.15, 0.2) is 0 Å². The lowest BCUT2D eigenvalue weighted by molar-refractivity contribution is 0.145. The summed E-state index contributed by atoms with van der Waals surface area (Å²) in [4.78, 5) is 0. The second kappa shape index (κ2) is 3.24. The quantitative estimate of drug-likeness (QED) is 0.684. The minimum atomic E-state index is 0. The van der Waals surface area contributed by atoms with Crippen LogP contribution >= 0.6 is 12.4 Å². The van der Waals surface area contributed by atoms with Crippen molar-refractivity contribution in [1.82, 2.24) is 5.32 Å². The molecule has 0 aliphatic heterocycles. The fraction of sp³-hybridized carbons (Fsp3) is 0.889. The van der Waals surface area contributed by atoms with E-state index in [9.17, 15) is 0 Å². The molecule has 3 aliphatic rings. The van der Waals surface area contributed by atoms with Gasteiger partial charge in [-0.15, -0.1) is 12.4 Å². The summed E-state index contributed by atoms with van der Waals surface area (Å²) >= 11 is 0. The number of hydrogen-bond acceptors (Lipinski definition) is 2. The van der Waals surface area contributed by atoms with Crippen LogP contribution in [0.25, 0.3) is 0 Å². The molecule has 12 heavy (non-hydrogen) atoms. The summed E-state index contributed by atoms with van der Waals surface area (Å²) in [5.74, 6) is 0. The molecule has 0 spiro atoms. The molecule has 1 N–H and O–H groups in total. The monoisotopic (exact) mass is 188 g/mol. The van der Waals surface area contributed by atoms with Crippen molar-refractivity contribution >= 4 is 12.4 Å². The van der Waals surface area contributed by atoms with Crippen molar-refractivity contribution < 1.29 is 0 Å². The molecule has 0 aromatic rings. The van der Waals surface area contributed by atoms with E-state index in [4.69, 9.17) is 5.26 Å². The van der Waals surface area contributed by atoms with Gasteiger partial charge in [0.05, 0.1) is 11.5 Å². The van der Waals surface area contributed by atoms with Crippen LogP contribution in [0.15, 0.2) is 0 Å². The van der Waals surface area contributed by atoms with Gasteiger partial charge in [0.2, 0.25) is 0 Å². The largest absolute Gasteiger partial charge is 0.314 e. The Balaban J connectivity index is 0.000000605. The van der Waals surface area contributed by atoms with Crippen LogP contribution in [0.4, 0.5) is 0 Å². The van der Waals surface area contributed by atoms with Crippen LogP contribution < -0.4 is 5.32 Å².